The van der Waals surface area contributed by atoms with Gasteiger partial charge in [-0.3, -0.25) is 10.1 Å². The SMILES string of the molecule is CCN(CC)CCOc1ccc(CNC(=O)C2CC(F)(F)CN2)cc1OC.Cl.Cl. The van der Waals surface area contributed by atoms with E-state index in [9.17, 15) is 13.6 Å². The van der Waals surface area contributed by atoms with Crippen LogP contribution in [0, 0.1) is 0 Å². The van der Waals surface area contributed by atoms with Crippen molar-refractivity contribution >= 4 is 30.7 Å². The fourth-order valence-corrected chi connectivity index (χ4v) is 2.98. The van der Waals surface area contributed by atoms with E-state index < -0.39 is 30.8 Å². The highest BCUT2D eigenvalue weighted by Gasteiger charge is 2.42. The minimum absolute atomic E-state index is 0. The standard InChI is InChI=1S/C19H29F2N3O3.2ClH/c1-4-24(5-2)8-9-27-16-7-6-14(10-17(16)26-3)12-22-18(25)15-11-19(20,21)13-23-15;;/h6-7,10,15,23H,4-5,8-9,11-13H2,1-3H3,(H,22,25);2*1H. The van der Waals surface area contributed by atoms with Crippen LogP contribution < -0.4 is 20.1 Å². The fourth-order valence-electron chi connectivity index (χ4n) is 2.98. The highest BCUT2D eigenvalue weighted by Crippen LogP contribution is 2.28. The number of ether oxygens (including phenoxy) is 2. The van der Waals surface area contributed by atoms with Crippen LogP contribution in [0.5, 0.6) is 11.5 Å². The van der Waals surface area contributed by atoms with Gasteiger partial charge in [0.15, 0.2) is 11.5 Å². The van der Waals surface area contributed by atoms with Gasteiger partial charge >= 0.3 is 0 Å². The zero-order valence-corrected chi connectivity index (χ0v) is 18.6. The summed E-state index contributed by atoms with van der Waals surface area (Å²) in [5, 5.41) is 5.23. The molecule has 1 amide bonds. The molecule has 1 aromatic carbocycles. The van der Waals surface area contributed by atoms with Crippen LogP contribution in [-0.2, 0) is 11.3 Å². The van der Waals surface area contributed by atoms with Crippen molar-refractivity contribution in [3.63, 3.8) is 0 Å². The van der Waals surface area contributed by atoms with Crippen LogP contribution in [0.25, 0.3) is 0 Å². The summed E-state index contributed by atoms with van der Waals surface area (Å²) in [6, 6.07) is 4.55. The number of rotatable bonds is 10. The lowest BCUT2D eigenvalue weighted by Crippen LogP contribution is -2.40. The Kier molecular flexibility index (Phi) is 12.4. The van der Waals surface area contributed by atoms with Gasteiger partial charge in [0.2, 0.25) is 5.91 Å². The third-order valence-corrected chi connectivity index (χ3v) is 4.68. The van der Waals surface area contributed by atoms with Crippen LogP contribution in [-0.4, -0.2) is 62.7 Å². The number of hydrogen-bond donors (Lipinski definition) is 2. The predicted octanol–water partition coefficient (Wildman–Crippen LogP) is 2.87. The van der Waals surface area contributed by atoms with Crippen LogP contribution in [0.2, 0.25) is 0 Å². The van der Waals surface area contributed by atoms with Gasteiger partial charge in [-0.25, -0.2) is 8.78 Å². The summed E-state index contributed by atoms with van der Waals surface area (Å²) in [6.45, 7) is 7.30. The molecular formula is C19H31Cl2F2N3O3. The molecule has 1 unspecified atom stereocenters. The second-order valence-electron chi connectivity index (χ2n) is 6.57. The Labute approximate surface area is 183 Å². The van der Waals surface area contributed by atoms with Crippen molar-refractivity contribution in [2.45, 2.75) is 38.8 Å². The largest absolute Gasteiger partial charge is 0.493 e. The maximum Gasteiger partial charge on any atom is 0.262 e. The van der Waals surface area contributed by atoms with E-state index in [1.165, 1.54) is 0 Å². The molecule has 2 rings (SSSR count). The number of amides is 1. The quantitative estimate of drug-likeness (QED) is 0.565. The monoisotopic (exact) mass is 457 g/mol. The maximum atomic E-state index is 13.2. The molecule has 0 saturated carbocycles. The van der Waals surface area contributed by atoms with Crippen LogP contribution >= 0.6 is 24.8 Å². The van der Waals surface area contributed by atoms with Crippen LogP contribution in [0.4, 0.5) is 8.78 Å². The number of hydrogen-bond acceptors (Lipinski definition) is 5. The Bertz CT molecular complexity index is 635. The highest BCUT2D eigenvalue weighted by atomic mass is 35.5. The van der Waals surface area contributed by atoms with Gasteiger partial charge in [0.05, 0.1) is 19.7 Å². The Morgan fingerprint density at radius 2 is 1.97 bits per heavy atom. The molecular weight excluding hydrogens is 427 g/mol. The number of halogens is 4. The van der Waals surface area contributed by atoms with Gasteiger partial charge in [-0.1, -0.05) is 19.9 Å². The summed E-state index contributed by atoms with van der Waals surface area (Å²) < 4.78 is 37.5. The molecule has 0 spiro atoms. The van der Waals surface area contributed by atoms with Crippen molar-refractivity contribution in [3.05, 3.63) is 23.8 Å². The molecule has 0 aromatic heterocycles. The number of likely N-dealkylation sites (N-methyl/N-ethyl adjacent to an activating group) is 1. The molecule has 1 atom stereocenters. The third-order valence-electron chi connectivity index (χ3n) is 4.68. The van der Waals surface area contributed by atoms with Gasteiger partial charge in [0, 0.05) is 19.5 Å². The summed E-state index contributed by atoms with van der Waals surface area (Å²) in [4.78, 5) is 14.3. The zero-order chi connectivity index (χ0) is 19.9. The number of alkyl halides is 2. The van der Waals surface area contributed by atoms with Crippen LogP contribution in [0.15, 0.2) is 18.2 Å². The summed E-state index contributed by atoms with van der Waals surface area (Å²) in [7, 11) is 1.56. The van der Waals surface area contributed by atoms with Crippen LogP contribution in [0.1, 0.15) is 25.8 Å². The van der Waals surface area contributed by atoms with Crippen molar-refractivity contribution in [2.75, 3.05) is 39.9 Å². The zero-order valence-electron chi connectivity index (χ0n) is 17.0. The maximum absolute atomic E-state index is 13.2. The molecule has 0 radical (unpaired) electrons. The van der Waals surface area contributed by atoms with Gasteiger partial charge in [0.1, 0.15) is 6.61 Å². The molecule has 1 heterocycles. The fraction of sp³-hybridized carbons (Fsp3) is 0.632. The van der Waals surface area contributed by atoms with Crippen molar-refractivity contribution in [1.29, 1.82) is 0 Å². The minimum atomic E-state index is -2.82. The van der Waals surface area contributed by atoms with E-state index in [-0.39, 0.29) is 31.4 Å². The molecule has 29 heavy (non-hydrogen) atoms. The first-order chi connectivity index (χ1) is 12.9. The number of nitrogens with one attached hydrogen (secondary N) is 2. The number of benzene rings is 1. The molecule has 0 bridgehead atoms. The van der Waals surface area contributed by atoms with E-state index in [0.29, 0.717) is 18.1 Å². The molecule has 1 aliphatic heterocycles. The lowest BCUT2D eigenvalue weighted by Gasteiger charge is -2.19. The predicted molar refractivity (Wildman–Crippen MR) is 114 cm³/mol. The van der Waals surface area contributed by atoms with Crippen LogP contribution in [0.3, 0.4) is 0 Å². The Hall–Kier alpha value is -1.35. The van der Waals surface area contributed by atoms with E-state index in [2.05, 4.69) is 29.4 Å². The number of carbonyl (C=O) groups excluding carboxylic acids is 1. The minimum Gasteiger partial charge on any atom is -0.493 e. The lowest BCUT2D eigenvalue weighted by molar-refractivity contribution is -0.123. The summed E-state index contributed by atoms with van der Waals surface area (Å²) in [5.41, 5.74) is 0.807. The van der Waals surface area contributed by atoms with Crippen molar-refractivity contribution in [3.8, 4) is 11.5 Å². The molecule has 168 valence electrons. The van der Waals surface area contributed by atoms with E-state index in [0.717, 1.165) is 25.2 Å². The Balaban J connectivity index is 0.00000392. The van der Waals surface area contributed by atoms with E-state index in [1.807, 2.05) is 6.07 Å². The first-order valence-corrected chi connectivity index (χ1v) is 9.29. The molecule has 1 aromatic rings. The Morgan fingerprint density at radius 1 is 1.28 bits per heavy atom. The van der Waals surface area contributed by atoms with Gasteiger partial charge in [-0.2, -0.15) is 0 Å². The summed E-state index contributed by atoms with van der Waals surface area (Å²) >= 11 is 0. The molecule has 1 fully saturated rings. The number of methoxy groups -OCH3 is 1. The van der Waals surface area contributed by atoms with Crippen molar-refractivity contribution < 1.29 is 23.0 Å². The molecule has 10 heteroatoms. The van der Waals surface area contributed by atoms with Crippen molar-refractivity contribution in [2.24, 2.45) is 0 Å². The normalized spacial score (nSPS) is 17.2. The van der Waals surface area contributed by atoms with E-state index >= 15 is 0 Å². The van der Waals surface area contributed by atoms with Gasteiger partial charge in [0.25, 0.3) is 5.92 Å². The average Bonchev–Trinajstić information content (AvgIpc) is 3.03. The van der Waals surface area contributed by atoms with Gasteiger partial charge in [-0.05, 0) is 30.8 Å². The first kappa shape index (κ1) is 27.6. The number of nitrogens with zero attached hydrogens (tertiary/aromatic N) is 1. The van der Waals surface area contributed by atoms with Crippen molar-refractivity contribution in [1.82, 2.24) is 15.5 Å². The third kappa shape index (κ3) is 8.50. The molecule has 0 aliphatic carbocycles. The topological polar surface area (TPSA) is 62.8 Å². The average molecular weight is 458 g/mol. The molecule has 1 saturated heterocycles. The lowest BCUT2D eigenvalue weighted by atomic mass is 10.1. The number of carbonyl (C=O) groups is 1. The second-order valence-corrected chi connectivity index (χ2v) is 6.57. The van der Waals surface area contributed by atoms with Gasteiger partial charge in [-0.15, -0.1) is 24.8 Å². The first-order valence-electron chi connectivity index (χ1n) is 9.29. The second kappa shape index (κ2) is 13.1. The highest BCUT2D eigenvalue weighted by molar-refractivity contribution is 5.85. The summed E-state index contributed by atoms with van der Waals surface area (Å²) in [5.74, 6) is -2.04. The van der Waals surface area contributed by atoms with E-state index in [1.54, 1.807) is 19.2 Å². The molecule has 1 aliphatic rings. The molecule has 6 nitrogen and oxygen atoms in total. The van der Waals surface area contributed by atoms with Gasteiger partial charge < -0.3 is 19.7 Å². The molecule has 2 N–H and O–H groups in total. The van der Waals surface area contributed by atoms with E-state index in [4.69, 9.17) is 9.47 Å². The summed E-state index contributed by atoms with van der Waals surface area (Å²) in [6.07, 6.45) is -0.471. The smallest absolute Gasteiger partial charge is 0.262 e. The Morgan fingerprint density at radius 3 is 2.52 bits per heavy atom.